The van der Waals surface area contributed by atoms with Gasteiger partial charge in [0.2, 0.25) is 23.6 Å². The second-order valence-corrected chi connectivity index (χ2v) is 7.08. The first-order valence-electron chi connectivity index (χ1n) is 9.67. The molecule has 15 nitrogen and oxygen atoms in total. The number of carboxylic acids is 1. The van der Waals surface area contributed by atoms with Crippen molar-refractivity contribution in [2.45, 2.75) is 63.4 Å². The van der Waals surface area contributed by atoms with Gasteiger partial charge in [-0.05, 0) is 26.7 Å². The molecule has 13 N–H and O–H groups in total. The minimum absolute atomic E-state index is 0.0886. The number of hydrogen-bond donors (Lipinski definition) is 9. The van der Waals surface area contributed by atoms with E-state index < -0.39 is 66.3 Å². The maximum absolute atomic E-state index is 12.4. The fraction of sp³-hybridized carbons (Fsp3) is 0.647. The number of carbonyl (C=O) groups excluding carboxylic acids is 4. The lowest BCUT2D eigenvalue weighted by atomic mass is 10.1. The van der Waals surface area contributed by atoms with Gasteiger partial charge >= 0.3 is 5.97 Å². The zero-order chi connectivity index (χ0) is 25.0. The quantitative estimate of drug-likeness (QED) is 0.0677. The highest BCUT2D eigenvalue weighted by Gasteiger charge is 2.32. The van der Waals surface area contributed by atoms with Crippen molar-refractivity contribution >= 4 is 35.6 Å². The monoisotopic (exact) mass is 460 g/mol. The number of aliphatic imine (C=N–C) groups is 1. The Morgan fingerprint density at radius 1 is 0.938 bits per heavy atom. The van der Waals surface area contributed by atoms with E-state index in [0.717, 1.165) is 0 Å². The van der Waals surface area contributed by atoms with Gasteiger partial charge in [0, 0.05) is 6.54 Å². The van der Waals surface area contributed by atoms with Crippen molar-refractivity contribution < 1.29 is 34.2 Å². The van der Waals surface area contributed by atoms with Crippen molar-refractivity contribution in [3.05, 3.63) is 0 Å². The molecule has 32 heavy (non-hydrogen) atoms. The molecule has 0 aromatic rings. The number of amides is 4. The Labute approximate surface area is 184 Å². The standard InChI is InChI=1S/C17H32N8O7/c1-7(23-14(29)9(18)4-3-5-22-17(20)21)13(28)25-12(8(2)26)15(30)24-10(16(31)32)6-11(19)27/h7-10,12,26H,3-6,18H2,1-2H3,(H2,19,27)(H,23,29)(H,24,30)(H,25,28)(H,31,32)(H4,20,21,22). The summed E-state index contributed by atoms with van der Waals surface area (Å²) in [4.78, 5) is 62.7. The fourth-order valence-electron chi connectivity index (χ4n) is 2.38. The van der Waals surface area contributed by atoms with Gasteiger partial charge in [-0.3, -0.25) is 24.2 Å². The highest BCUT2D eigenvalue weighted by atomic mass is 16.4. The molecule has 0 saturated heterocycles. The molecule has 0 radical (unpaired) electrons. The number of guanidine groups is 1. The topological polar surface area (TPSA) is 278 Å². The molecule has 0 aliphatic heterocycles. The Morgan fingerprint density at radius 3 is 2.00 bits per heavy atom. The summed E-state index contributed by atoms with van der Waals surface area (Å²) in [6.45, 7) is 2.78. The van der Waals surface area contributed by atoms with E-state index in [4.69, 9.17) is 28.0 Å². The predicted octanol–water partition coefficient (Wildman–Crippen LogP) is -4.82. The zero-order valence-corrected chi connectivity index (χ0v) is 17.9. The number of hydrogen-bond acceptors (Lipinski definition) is 8. The molecule has 0 fully saturated rings. The van der Waals surface area contributed by atoms with Gasteiger partial charge in [0.25, 0.3) is 0 Å². The van der Waals surface area contributed by atoms with E-state index in [1.165, 1.54) is 13.8 Å². The van der Waals surface area contributed by atoms with Crippen LogP contribution in [0.4, 0.5) is 0 Å². The summed E-state index contributed by atoms with van der Waals surface area (Å²) in [5, 5.41) is 25.5. The van der Waals surface area contributed by atoms with E-state index in [2.05, 4.69) is 15.6 Å². The van der Waals surface area contributed by atoms with Crippen LogP contribution in [0.15, 0.2) is 4.99 Å². The average Bonchev–Trinajstić information content (AvgIpc) is 2.67. The van der Waals surface area contributed by atoms with Crippen molar-refractivity contribution in [1.82, 2.24) is 16.0 Å². The van der Waals surface area contributed by atoms with Gasteiger partial charge in [0.1, 0.15) is 18.1 Å². The summed E-state index contributed by atoms with van der Waals surface area (Å²) >= 11 is 0. The first-order chi connectivity index (χ1) is 14.8. The van der Waals surface area contributed by atoms with Crippen LogP contribution in [0, 0.1) is 0 Å². The summed E-state index contributed by atoms with van der Waals surface area (Å²) in [6.07, 6.45) is -1.45. The van der Waals surface area contributed by atoms with E-state index in [9.17, 15) is 29.1 Å². The van der Waals surface area contributed by atoms with Crippen LogP contribution >= 0.6 is 0 Å². The molecule has 4 amide bonds. The van der Waals surface area contributed by atoms with Gasteiger partial charge in [-0.1, -0.05) is 0 Å². The van der Waals surface area contributed by atoms with E-state index in [-0.39, 0.29) is 18.9 Å². The van der Waals surface area contributed by atoms with Crippen LogP contribution in [-0.4, -0.2) is 82.6 Å². The third kappa shape index (κ3) is 11.1. The molecule has 0 heterocycles. The van der Waals surface area contributed by atoms with Crippen molar-refractivity contribution in [2.75, 3.05) is 6.54 Å². The Bertz CT molecular complexity index is 724. The number of aliphatic hydroxyl groups is 1. The molecule has 15 heteroatoms. The molecule has 0 saturated carbocycles. The van der Waals surface area contributed by atoms with Gasteiger partial charge in [-0.15, -0.1) is 0 Å². The van der Waals surface area contributed by atoms with Crippen LogP contribution < -0.4 is 38.9 Å². The Balaban J connectivity index is 4.90. The molecular formula is C17H32N8O7. The molecule has 5 unspecified atom stereocenters. The number of nitrogens with two attached hydrogens (primary N) is 4. The summed E-state index contributed by atoms with van der Waals surface area (Å²) in [5.41, 5.74) is 21.1. The smallest absolute Gasteiger partial charge is 0.326 e. The second kappa shape index (κ2) is 13.8. The highest BCUT2D eigenvalue weighted by molar-refractivity contribution is 5.95. The number of carbonyl (C=O) groups is 5. The normalized spacial score (nSPS) is 15.2. The lowest BCUT2D eigenvalue weighted by Gasteiger charge is -2.25. The highest BCUT2D eigenvalue weighted by Crippen LogP contribution is 2.00. The molecule has 182 valence electrons. The number of aliphatic carboxylic acids is 1. The second-order valence-electron chi connectivity index (χ2n) is 7.08. The lowest BCUT2D eigenvalue weighted by molar-refractivity contribution is -0.144. The molecule has 0 aromatic carbocycles. The molecule has 0 aliphatic rings. The largest absolute Gasteiger partial charge is 0.480 e. The van der Waals surface area contributed by atoms with Crippen molar-refractivity contribution in [3.63, 3.8) is 0 Å². The third-order valence-corrected chi connectivity index (χ3v) is 4.14. The molecule has 0 aliphatic carbocycles. The molecule has 0 aromatic heterocycles. The van der Waals surface area contributed by atoms with Crippen molar-refractivity contribution in [2.24, 2.45) is 27.9 Å². The summed E-state index contributed by atoms with van der Waals surface area (Å²) in [5.74, 6) is -5.12. The van der Waals surface area contributed by atoms with Crippen molar-refractivity contribution in [3.8, 4) is 0 Å². The van der Waals surface area contributed by atoms with Crippen LogP contribution in [-0.2, 0) is 24.0 Å². The molecule has 0 spiro atoms. The maximum Gasteiger partial charge on any atom is 0.326 e. The average molecular weight is 460 g/mol. The fourth-order valence-corrected chi connectivity index (χ4v) is 2.38. The Hall–Kier alpha value is -3.46. The maximum atomic E-state index is 12.4. The van der Waals surface area contributed by atoms with Gasteiger partial charge in [-0.2, -0.15) is 0 Å². The molecule has 0 bridgehead atoms. The first-order valence-corrected chi connectivity index (χ1v) is 9.67. The summed E-state index contributed by atoms with van der Waals surface area (Å²) < 4.78 is 0. The van der Waals surface area contributed by atoms with Crippen LogP contribution in [0.3, 0.4) is 0 Å². The Kier molecular flexibility index (Phi) is 12.3. The van der Waals surface area contributed by atoms with Gasteiger partial charge in [0.05, 0.1) is 18.6 Å². The van der Waals surface area contributed by atoms with E-state index in [0.29, 0.717) is 6.42 Å². The number of primary amides is 1. The summed E-state index contributed by atoms with van der Waals surface area (Å²) in [6, 6.07) is -5.29. The third-order valence-electron chi connectivity index (χ3n) is 4.14. The number of carboxylic acid groups (broad SMARTS) is 1. The van der Waals surface area contributed by atoms with Gasteiger partial charge < -0.3 is 49.1 Å². The minimum Gasteiger partial charge on any atom is -0.480 e. The van der Waals surface area contributed by atoms with Crippen molar-refractivity contribution in [1.29, 1.82) is 0 Å². The number of nitrogens with one attached hydrogen (secondary N) is 3. The van der Waals surface area contributed by atoms with Gasteiger partial charge in [-0.25, -0.2) is 4.79 Å². The van der Waals surface area contributed by atoms with E-state index in [1.54, 1.807) is 0 Å². The van der Waals surface area contributed by atoms with Gasteiger partial charge in [0.15, 0.2) is 5.96 Å². The number of nitrogens with zero attached hydrogens (tertiary/aromatic N) is 1. The minimum atomic E-state index is -1.65. The van der Waals surface area contributed by atoms with Crippen LogP contribution in [0.5, 0.6) is 0 Å². The summed E-state index contributed by atoms with van der Waals surface area (Å²) in [7, 11) is 0. The number of rotatable bonds is 14. The van der Waals surface area contributed by atoms with Crippen LogP contribution in [0.2, 0.25) is 0 Å². The van der Waals surface area contributed by atoms with E-state index >= 15 is 0 Å². The number of aliphatic hydroxyl groups excluding tert-OH is 1. The molecule has 5 atom stereocenters. The zero-order valence-electron chi connectivity index (χ0n) is 17.9. The molecule has 0 rings (SSSR count). The molecular weight excluding hydrogens is 428 g/mol. The Morgan fingerprint density at radius 2 is 1.53 bits per heavy atom. The van der Waals surface area contributed by atoms with Crippen LogP contribution in [0.25, 0.3) is 0 Å². The van der Waals surface area contributed by atoms with Crippen LogP contribution in [0.1, 0.15) is 33.1 Å². The van der Waals surface area contributed by atoms with E-state index in [1.807, 2.05) is 5.32 Å². The first kappa shape index (κ1) is 28.5. The SMILES string of the molecule is CC(NC(=O)C(N)CCCN=C(N)N)C(=O)NC(C(=O)NC(CC(N)=O)C(=O)O)C(C)O. The lowest BCUT2D eigenvalue weighted by Crippen LogP contribution is -2.59. The predicted molar refractivity (Wildman–Crippen MR) is 112 cm³/mol.